The second kappa shape index (κ2) is 6.06. The molecule has 0 spiro atoms. The lowest BCUT2D eigenvalue weighted by Crippen LogP contribution is -1.86. The van der Waals surface area contributed by atoms with Gasteiger partial charge in [0.2, 0.25) is 0 Å². The first-order valence-electron chi connectivity index (χ1n) is 6.37. The maximum Gasteiger partial charge on any atom is 0.127 e. The molecule has 0 atom stereocenters. The third-order valence-electron chi connectivity index (χ3n) is 2.91. The van der Waals surface area contributed by atoms with Crippen molar-refractivity contribution in [1.82, 2.24) is 4.98 Å². The molecule has 2 aromatic carbocycles. The van der Waals surface area contributed by atoms with Crippen molar-refractivity contribution in [3.63, 3.8) is 0 Å². The van der Waals surface area contributed by atoms with E-state index in [9.17, 15) is 4.39 Å². The van der Waals surface area contributed by atoms with Gasteiger partial charge in [-0.15, -0.1) is 0 Å². The van der Waals surface area contributed by atoms with Crippen molar-refractivity contribution in [3.8, 4) is 22.8 Å². The molecule has 1 heterocycles. The fourth-order valence-corrected chi connectivity index (χ4v) is 2.25. The third kappa shape index (κ3) is 3.47. The van der Waals surface area contributed by atoms with Crippen LogP contribution in [0.3, 0.4) is 0 Å². The molecule has 0 N–H and O–H groups in total. The van der Waals surface area contributed by atoms with Gasteiger partial charge in [-0.2, -0.15) is 0 Å². The quantitative estimate of drug-likeness (QED) is 0.590. The van der Waals surface area contributed by atoms with E-state index in [0.717, 1.165) is 15.9 Å². The van der Waals surface area contributed by atoms with Crippen LogP contribution < -0.4 is 4.74 Å². The van der Waals surface area contributed by atoms with E-state index in [2.05, 4.69) is 20.9 Å². The molecule has 0 fully saturated rings. The van der Waals surface area contributed by atoms with Gasteiger partial charge >= 0.3 is 0 Å². The van der Waals surface area contributed by atoms with Crippen molar-refractivity contribution < 1.29 is 9.13 Å². The molecular weight excluding hydrogens is 333 g/mol. The molecule has 1 aromatic heterocycles. The van der Waals surface area contributed by atoms with Crippen molar-refractivity contribution in [2.24, 2.45) is 0 Å². The Morgan fingerprint density at radius 1 is 0.810 bits per heavy atom. The van der Waals surface area contributed by atoms with Crippen molar-refractivity contribution in [2.75, 3.05) is 0 Å². The summed E-state index contributed by atoms with van der Waals surface area (Å²) < 4.78 is 19.3. The van der Waals surface area contributed by atoms with Crippen LogP contribution in [0.15, 0.2) is 71.3 Å². The highest BCUT2D eigenvalue weighted by atomic mass is 79.9. The van der Waals surface area contributed by atoms with E-state index < -0.39 is 0 Å². The van der Waals surface area contributed by atoms with Crippen LogP contribution in [0.25, 0.3) is 11.3 Å². The summed E-state index contributed by atoms with van der Waals surface area (Å²) >= 11 is 3.36. The lowest BCUT2D eigenvalue weighted by atomic mass is 10.1. The Morgan fingerprint density at radius 3 is 2.05 bits per heavy atom. The maximum absolute atomic E-state index is 12.8. The number of pyridine rings is 1. The summed E-state index contributed by atoms with van der Waals surface area (Å²) in [6.07, 6.45) is 0. The van der Waals surface area contributed by atoms with Gasteiger partial charge in [-0.1, -0.05) is 6.07 Å². The third-order valence-corrected chi connectivity index (χ3v) is 3.36. The predicted molar refractivity (Wildman–Crippen MR) is 83.8 cm³/mol. The minimum atomic E-state index is -0.279. The van der Waals surface area contributed by atoms with Crippen molar-refractivity contribution in [1.29, 1.82) is 0 Å². The van der Waals surface area contributed by atoms with Gasteiger partial charge in [-0.3, -0.25) is 0 Å². The molecule has 21 heavy (non-hydrogen) atoms. The summed E-state index contributed by atoms with van der Waals surface area (Å²) in [7, 11) is 0. The van der Waals surface area contributed by atoms with Crippen molar-refractivity contribution in [3.05, 3.63) is 77.2 Å². The van der Waals surface area contributed by atoms with E-state index in [1.54, 1.807) is 12.1 Å². The van der Waals surface area contributed by atoms with Crippen LogP contribution in [0.1, 0.15) is 0 Å². The van der Waals surface area contributed by atoms with Crippen LogP contribution in [0.5, 0.6) is 11.5 Å². The predicted octanol–water partition coefficient (Wildman–Crippen LogP) is 5.44. The summed E-state index contributed by atoms with van der Waals surface area (Å²) in [5.74, 6) is 1.02. The zero-order valence-corrected chi connectivity index (χ0v) is 12.5. The second-order valence-electron chi connectivity index (χ2n) is 4.43. The average molecular weight is 344 g/mol. The summed E-state index contributed by atoms with van der Waals surface area (Å²) in [6, 6.07) is 19.3. The first-order valence-corrected chi connectivity index (χ1v) is 7.16. The number of hydrogen-bond acceptors (Lipinski definition) is 2. The van der Waals surface area contributed by atoms with E-state index in [-0.39, 0.29) is 5.82 Å². The molecule has 0 saturated carbocycles. The van der Waals surface area contributed by atoms with Crippen molar-refractivity contribution in [2.45, 2.75) is 0 Å². The molecule has 4 heteroatoms. The van der Waals surface area contributed by atoms with E-state index in [0.29, 0.717) is 11.5 Å². The van der Waals surface area contributed by atoms with Crippen molar-refractivity contribution >= 4 is 15.9 Å². The Morgan fingerprint density at radius 2 is 1.43 bits per heavy atom. The van der Waals surface area contributed by atoms with Crippen LogP contribution in [-0.2, 0) is 0 Å². The van der Waals surface area contributed by atoms with Crippen LogP contribution in [0.4, 0.5) is 4.39 Å². The van der Waals surface area contributed by atoms with Gasteiger partial charge in [0.25, 0.3) is 0 Å². The fraction of sp³-hybridized carbons (Fsp3) is 0. The molecule has 104 valence electrons. The Hall–Kier alpha value is -2.20. The van der Waals surface area contributed by atoms with E-state index >= 15 is 0 Å². The van der Waals surface area contributed by atoms with E-state index in [1.165, 1.54) is 12.1 Å². The zero-order chi connectivity index (χ0) is 14.7. The number of nitrogens with zero attached hydrogens (tertiary/aromatic N) is 1. The summed E-state index contributed by atoms with van der Waals surface area (Å²) in [4.78, 5) is 4.40. The molecule has 0 aliphatic heterocycles. The molecule has 0 radical (unpaired) electrons. The number of halogens is 2. The number of hydrogen-bond donors (Lipinski definition) is 0. The normalized spacial score (nSPS) is 10.4. The number of rotatable bonds is 3. The molecule has 0 bridgehead atoms. The molecule has 0 aliphatic rings. The van der Waals surface area contributed by atoms with Gasteiger partial charge in [0.05, 0.1) is 5.69 Å². The Balaban J connectivity index is 1.79. The van der Waals surface area contributed by atoms with Gasteiger partial charge < -0.3 is 4.74 Å². The molecule has 0 aliphatic carbocycles. The minimum absolute atomic E-state index is 0.279. The first-order chi connectivity index (χ1) is 10.2. The molecular formula is C17H11BrFNO. The Bertz CT molecular complexity index is 741. The molecule has 0 amide bonds. The molecule has 0 saturated heterocycles. The number of ether oxygens (including phenoxy) is 1. The molecule has 3 rings (SSSR count). The lowest BCUT2D eigenvalue weighted by Gasteiger charge is -2.07. The average Bonchev–Trinajstić information content (AvgIpc) is 2.50. The van der Waals surface area contributed by atoms with Crippen LogP contribution in [0.2, 0.25) is 0 Å². The highest BCUT2D eigenvalue weighted by molar-refractivity contribution is 9.10. The maximum atomic E-state index is 12.8. The molecule has 3 aromatic rings. The number of benzene rings is 2. The van der Waals surface area contributed by atoms with Gasteiger partial charge in [-0.05, 0) is 76.6 Å². The molecule has 2 nitrogen and oxygen atoms in total. The zero-order valence-electron chi connectivity index (χ0n) is 11.0. The smallest absolute Gasteiger partial charge is 0.127 e. The topological polar surface area (TPSA) is 22.1 Å². The summed E-state index contributed by atoms with van der Waals surface area (Å²) in [5, 5.41) is 0. The fourth-order valence-electron chi connectivity index (χ4n) is 1.90. The Kier molecular flexibility index (Phi) is 3.97. The largest absolute Gasteiger partial charge is 0.457 e. The standard InChI is InChI=1S/C17H11BrFNO/c18-17-3-1-2-16(20-17)12-4-8-14(9-5-12)21-15-10-6-13(19)7-11-15/h1-11H. The highest BCUT2D eigenvalue weighted by Crippen LogP contribution is 2.25. The molecule has 0 unspecified atom stereocenters. The Labute approximate surface area is 130 Å². The highest BCUT2D eigenvalue weighted by Gasteiger charge is 2.02. The second-order valence-corrected chi connectivity index (χ2v) is 5.24. The number of aromatic nitrogens is 1. The van der Waals surface area contributed by atoms with Crippen LogP contribution in [-0.4, -0.2) is 4.98 Å². The van der Waals surface area contributed by atoms with Crippen LogP contribution in [0, 0.1) is 5.82 Å². The monoisotopic (exact) mass is 343 g/mol. The lowest BCUT2D eigenvalue weighted by molar-refractivity contribution is 0.480. The van der Waals surface area contributed by atoms with Gasteiger partial charge in [0.15, 0.2) is 0 Å². The van der Waals surface area contributed by atoms with Gasteiger partial charge in [0.1, 0.15) is 21.9 Å². The first kappa shape index (κ1) is 13.8. The summed E-state index contributed by atoms with van der Waals surface area (Å²) in [6.45, 7) is 0. The van der Waals surface area contributed by atoms with Gasteiger partial charge in [-0.25, -0.2) is 9.37 Å². The van der Waals surface area contributed by atoms with E-state index in [4.69, 9.17) is 4.74 Å². The SMILES string of the molecule is Fc1ccc(Oc2ccc(-c3cccc(Br)n3)cc2)cc1. The summed E-state index contributed by atoms with van der Waals surface area (Å²) in [5.41, 5.74) is 1.89. The van der Waals surface area contributed by atoms with Crippen LogP contribution >= 0.6 is 15.9 Å². The minimum Gasteiger partial charge on any atom is -0.457 e. The van der Waals surface area contributed by atoms with Gasteiger partial charge in [0, 0.05) is 5.56 Å². The van der Waals surface area contributed by atoms with E-state index in [1.807, 2.05) is 42.5 Å².